The Hall–Kier alpha value is -0.510. The third-order valence-corrected chi connectivity index (χ3v) is 5.27. The van der Waals surface area contributed by atoms with E-state index in [4.69, 9.17) is 0 Å². The van der Waals surface area contributed by atoms with Crippen molar-refractivity contribution in [3.63, 3.8) is 0 Å². The summed E-state index contributed by atoms with van der Waals surface area (Å²) in [4.78, 5) is -0.271. The number of rotatable bonds is 2. The van der Waals surface area contributed by atoms with Gasteiger partial charge in [0.2, 0.25) is 0 Å². The summed E-state index contributed by atoms with van der Waals surface area (Å²) in [6, 6.07) is 1.59. The highest BCUT2D eigenvalue weighted by Gasteiger charge is 2.37. The molecule has 1 fully saturated rings. The van der Waals surface area contributed by atoms with E-state index in [1.807, 2.05) is 0 Å². The highest BCUT2D eigenvalue weighted by Crippen LogP contribution is 2.52. The average molecular weight is 307 g/mol. The SMILES string of the molecule is CC1(C(Br)c2cc(F)c(F)cc2F)CCCC1. The third kappa shape index (κ3) is 2.37. The maximum Gasteiger partial charge on any atom is 0.161 e. The van der Waals surface area contributed by atoms with Crippen molar-refractivity contribution in [3.8, 4) is 0 Å². The van der Waals surface area contributed by atoms with E-state index in [2.05, 4.69) is 22.9 Å². The van der Waals surface area contributed by atoms with Crippen molar-refractivity contribution in [2.45, 2.75) is 37.4 Å². The molecule has 0 N–H and O–H groups in total. The number of alkyl halides is 1. The van der Waals surface area contributed by atoms with E-state index in [9.17, 15) is 13.2 Å². The van der Waals surface area contributed by atoms with E-state index in [1.165, 1.54) is 0 Å². The molecule has 0 amide bonds. The van der Waals surface area contributed by atoms with Crippen molar-refractivity contribution >= 4 is 15.9 Å². The van der Waals surface area contributed by atoms with Crippen molar-refractivity contribution in [2.75, 3.05) is 0 Å². The predicted molar refractivity (Wildman–Crippen MR) is 64.6 cm³/mol. The molecule has 1 aromatic carbocycles. The van der Waals surface area contributed by atoms with Crippen LogP contribution in [0, 0.1) is 22.9 Å². The predicted octanol–water partition coefficient (Wildman–Crippen LogP) is 5.12. The summed E-state index contributed by atoms with van der Waals surface area (Å²) in [5.41, 5.74) is 0.138. The lowest BCUT2D eigenvalue weighted by Crippen LogP contribution is -2.19. The van der Waals surface area contributed by atoms with Crippen LogP contribution in [-0.2, 0) is 0 Å². The van der Waals surface area contributed by atoms with Crippen LogP contribution in [-0.4, -0.2) is 0 Å². The largest absolute Gasteiger partial charge is 0.207 e. The fraction of sp³-hybridized carbons (Fsp3) is 0.538. The van der Waals surface area contributed by atoms with Gasteiger partial charge in [-0.25, -0.2) is 13.2 Å². The Labute approximate surface area is 107 Å². The van der Waals surface area contributed by atoms with Crippen LogP contribution in [0.2, 0.25) is 0 Å². The van der Waals surface area contributed by atoms with E-state index < -0.39 is 17.5 Å². The quantitative estimate of drug-likeness (QED) is 0.525. The van der Waals surface area contributed by atoms with Gasteiger partial charge in [0.15, 0.2) is 11.6 Å². The standard InChI is InChI=1S/C13H14BrF3/c1-13(4-2-3-5-13)12(14)8-6-10(16)11(17)7-9(8)15/h6-7,12H,2-5H2,1H3. The second-order valence-corrected chi connectivity index (χ2v) is 5.93. The molecule has 0 aliphatic heterocycles. The number of hydrogen-bond donors (Lipinski definition) is 0. The van der Waals surface area contributed by atoms with Crippen LogP contribution in [0.5, 0.6) is 0 Å². The molecule has 1 atom stereocenters. The lowest BCUT2D eigenvalue weighted by Gasteiger charge is -2.30. The van der Waals surface area contributed by atoms with Crippen LogP contribution in [0.25, 0.3) is 0 Å². The molecule has 0 nitrogen and oxygen atoms in total. The lowest BCUT2D eigenvalue weighted by atomic mass is 9.82. The van der Waals surface area contributed by atoms with E-state index in [1.54, 1.807) is 0 Å². The molecule has 0 saturated heterocycles. The molecule has 0 spiro atoms. The van der Waals surface area contributed by atoms with Gasteiger partial charge in [0.05, 0.1) is 0 Å². The molecule has 0 radical (unpaired) electrons. The van der Waals surface area contributed by atoms with Crippen molar-refractivity contribution in [3.05, 3.63) is 35.1 Å². The van der Waals surface area contributed by atoms with Gasteiger partial charge in [0, 0.05) is 16.5 Å². The van der Waals surface area contributed by atoms with Crippen LogP contribution in [0.1, 0.15) is 43.0 Å². The Morgan fingerprint density at radius 2 is 1.59 bits per heavy atom. The van der Waals surface area contributed by atoms with E-state index in [-0.39, 0.29) is 15.8 Å². The molecule has 1 aliphatic carbocycles. The highest BCUT2D eigenvalue weighted by molar-refractivity contribution is 9.09. The summed E-state index contributed by atoms with van der Waals surface area (Å²) < 4.78 is 39.7. The number of hydrogen-bond acceptors (Lipinski definition) is 0. The van der Waals surface area contributed by atoms with Crippen molar-refractivity contribution < 1.29 is 13.2 Å². The van der Waals surface area contributed by atoms with E-state index >= 15 is 0 Å². The topological polar surface area (TPSA) is 0 Å². The first kappa shape index (κ1) is 12.9. The van der Waals surface area contributed by atoms with E-state index in [0.717, 1.165) is 31.7 Å². The average Bonchev–Trinajstić information content (AvgIpc) is 2.71. The van der Waals surface area contributed by atoms with Gasteiger partial charge >= 0.3 is 0 Å². The maximum absolute atomic E-state index is 13.7. The molecule has 94 valence electrons. The fourth-order valence-electron chi connectivity index (χ4n) is 2.54. The van der Waals surface area contributed by atoms with Crippen molar-refractivity contribution in [2.24, 2.45) is 5.41 Å². The van der Waals surface area contributed by atoms with Gasteiger partial charge in [-0.15, -0.1) is 0 Å². The lowest BCUT2D eigenvalue weighted by molar-refractivity contribution is 0.324. The zero-order valence-electron chi connectivity index (χ0n) is 9.57. The number of benzene rings is 1. The molecule has 17 heavy (non-hydrogen) atoms. The summed E-state index contributed by atoms with van der Waals surface area (Å²) in [6.07, 6.45) is 4.15. The highest BCUT2D eigenvalue weighted by atomic mass is 79.9. The zero-order chi connectivity index (χ0) is 12.6. The smallest absolute Gasteiger partial charge is 0.161 e. The minimum Gasteiger partial charge on any atom is -0.207 e. The van der Waals surface area contributed by atoms with Gasteiger partial charge in [-0.05, 0) is 24.3 Å². The monoisotopic (exact) mass is 306 g/mol. The normalized spacial score (nSPS) is 20.5. The van der Waals surface area contributed by atoms with Crippen LogP contribution >= 0.6 is 15.9 Å². The van der Waals surface area contributed by atoms with Crippen molar-refractivity contribution in [1.29, 1.82) is 0 Å². The molecule has 0 heterocycles. The minimum absolute atomic E-state index is 0.0783. The van der Waals surface area contributed by atoms with Crippen molar-refractivity contribution in [1.82, 2.24) is 0 Å². The minimum atomic E-state index is -1.14. The van der Waals surface area contributed by atoms with Crippen LogP contribution in [0.4, 0.5) is 13.2 Å². The molecule has 1 unspecified atom stereocenters. The summed E-state index contributed by atoms with van der Waals surface area (Å²) in [7, 11) is 0. The molecule has 4 heteroatoms. The third-order valence-electron chi connectivity index (χ3n) is 3.67. The second kappa shape index (κ2) is 4.63. The zero-order valence-corrected chi connectivity index (χ0v) is 11.2. The first-order valence-corrected chi connectivity index (χ1v) is 6.64. The Kier molecular flexibility index (Phi) is 3.53. The van der Waals surface area contributed by atoms with Gasteiger partial charge in [0.1, 0.15) is 5.82 Å². The van der Waals surface area contributed by atoms with Gasteiger partial charge in [-0.1, -0.05) is 35.7 Å². The fourth-order valence-corrected chi connectivity index (χ4v) is 3.35. The first-order chi connectivity index (χ1) is 7.94. The summed E-state index contributed by atoms with van der Waals surface area (Å²) in [5.74, 6) is -2.81. The Morgan fingerprint density at radius 3 is 2.18 bits per heavy atom. The molecule has 1 aromatic rings. The molecular formula is C13H14BrF3. The van der Waals surface area contributed by atoms with Gasteiger partial charge in [0.25, 0.3) is 0 Å². The number of halogens is 4. The van der Waals surface area contributed by atoms with Gasteiger partial charge in [-0.2, -0.15) is 0 Å². The second-order valence-electron chi connectivity index (χ2n) is 5.01. The molecule has 2 rings (SSSR count). The molecule has 0 aromatic heterocycles. The molecule has 1 aliphatic rings. The maximum atomic E-state index is 13.7. The summed E-state index contributed by atoms with van der Waals surface area (Å²) in [5, 5.41) is 0. The van der Waals surface area contributed by atoms with Crippen LogP contribution in [0.3, 0.4) is 0 Å². The van der Waals surface area contributed by atoms with Crippen LogP contribution in [0.15, 0.2) is 12.1 Å². The molecule has 0 bridgehead atoms. The van der Waals surface area contributed by atoms with Crippen LogP contribution < -0.4 is 0 Å². The summed E-state index contributed by atoms with van der Waals surface area (Å²) in [6.45, 7) is 2.06. The van der Waals surface area contributed by atoms with E-state index in [0.29, 0.717) is 6.07 Å². The molecular weight excluding hydrogens is 293 g/mol. The summed E-state index contributed by atoms with van der Waals surface area (Å²) >= 11 is 3.45. The first-order valence-electron chi connectivity index (χ1n) is 5.72. The Balaban J connectivity index is 2.36. The Bertz CT molecular complexity index is 425. The van der Waals surface area contributed by atoms with Gasteiger partial charge in [-0.3, -0.25) is 0 Å². The van der Waals surface area contributed by atoms with Gasteiger partial charge < -0.3 is 0 Å². The molecule has 1 saturated carbocycles. The Morgan fingerprint density at radius 1 is 1.06 bits per heavy atom.